The molecule has 0 aromatic carbocycles. The first-order valence-corrected chi connectivity index (χ1v) is 8.02. The summed E-state index contributed by atoms with van der Waals surface area (Å²) in [6.45, 7) is 15.3. The van der Waals surface area contributed by atoms with Gasteiger partial charge in [0.2, 0.25) is 0 Å². The molecular weight excluding hydrogens is 290 g/mol. The van der Waals surface area contributed by atoms with Gasteiger partial charge in [0.05, 0.1) is 5.69 Å². The third-order valence-electron chi connectivity index (χ3n) is 4.39. The van der Waals surface area contributed by atoms with E-state index in [2.05, 4.69) is 4.98 Å². The normalized spacial score (nSPS) is 17.8. The minimum Gasteiger partial charge on any atom is -0.455 e. The van der Waals surface area contributed by atoms with Gasteiger partial charge < -0.3 is 9.72 Å². The predicted octanol–water partition coefficient (Wildman–Crippen LogP) is 4.36. The van der Waals surface area contributed by atoms with Crippen LogP contribution in [0.2, 0.25) is 0 Å². The average molecular weight is 317 g/mol. The molecule has 4 nitrogen and oxygen atoms in total. The maximum Gasteiger partial charge on any atom is 0.355 e. The lowest BCUT2D eigenvalue weighted by molar-refractivity contribution is -0.120. The van der Waals surface area contributed by atoms with Crippen LogP contribution in [0.1, 0.15) is 75.3 Å². The van der Waals surface area contributed by atoms with Crippen LogP contribution in [0, 0.1) is 19.3 Å². The fourth-order valence-electron chi connectivity index (χ4n) is 3.16. The highest BCUT2D eigenvalue weighted by molar-refractivity contribution is 6.26. The monoisotopic (exact) mass is 317 g/mol. The molecule has 2 rings (SSSR count). The Morgan fingerprint density at radius 3 is 2.13 bits per heavy atom. The summed E-state index contributed by atoms with van der Waals surface area (Å²) in [5.74, 6) is -0.248. The van der Waals surface area contributed by atoms with Crippen LogP contribution in [0.4, 0.5) is 0 Å². The number of Topliss-reactive ketones (excluding diaryl/α,β-unsaturated/α-hetero) is 1. The number of allylic oxidation sites excluding steroid dienone is 2. The van der Waals surface area contributed by atoms with Gasteiger partial charge in [-0.2, -0.15) is 0 Å². The van der Waals surface area contributed by atoms with Gasteiger partial charge in [0.1, 0.15) is 11.3 Å². The van der Waals surface area contributed by atoms with E-state index in [1.54, 1.807) is 0 Å². The number of hydrogen-bond donors (Lipinski definition) is 1. The Kier molecular flexibility index (Phi) is 4.08. The number of carbonyl (C=O) groups is 2. The molecule has 4 heteroatoms. The van der Waals surface area contributed by atoms with Crippen molar-refractivity contribution in [1.29, 1.82) is 0 Å². The van der Waals surface area contributed by atoms with Crippen LogP contribution in [0.3, 0.4) is 0 Å². The number of carbonyl (C=O) groups excluding carboxylic acids is 2. The van der Waals surface area contributed by atoms with Crippen molar-refractivity contribution in [3.63, 3.8) is 0 Å². The second-order valence-corrected chi connectivity index (χ2v) is 8.17. The minimum absolute atomic E-state index is 0.134. The molecule has 0 atom stereocenters. The van der Waals surface area contributed by atoms with Gasteiger partial charge in [-0.05, 0) is 59.1 Å². The van der Waals surface area contributed by atoms with E-state index < -0.39 is 5.60 Å². The molecule has 0 fully saturated rings. The van der Waals surface area contributed by atoms with Crippen LogP contribution >= 0.6 is 0 Å². The summed E-state index contributed by atoms with van der Waals surface area (Å²) in [5.41, 5.74) is 3.84. The van der Waals surface area contributed by atoms with Crippen LogP contribution < -0.4 is 0 Å². The van der Waals surface area contributed by atoms with E-state index in [1.807, 2.05) is 55.4 Å². The molecular formula is C19H27NO3. The molecule has 0 radical (unpaired) electrons. The molecule has 1 aliphatic rings. The quantitative estimate of drug-likeness (QED) is 0.824. The fourth-order valence-corrected chi connectivity index (χ4v) is 3.16. The van der Waals surface area contributed by atoms with Crippen molar-refractivity contribution in [3.8, 4) is 0 Å². The first-order chi connectivity index (χ1) is 10.3. The Balaban J connectivity index is 2.48. The van der Waals surface area contributed by atoms with Crippen molar-refractivity contribution >= 4 is 17.3 Å². The van der Waals surface area contributed by atoms with Gasteiger partial charge in [0.15, 0.2) is 5.78 Å². The topological polar surface area (TPSA) is 59.2 Å². The molecule has 1 N–H and O–H groups in total. The standard InChI is InChI=1S/C19H27NO3/c1-10-9-19(7,8)16(21)13(10)14-11(2)12(3)15(20-14)17(22)23-18(4,5)6/h20H,9H2,1-8H3. The molecule has 0 saturated carbocycles. The van der Waals surface area contributed by atoms with Crippen LogP contribution in [-0.2, 0) is 9.53 Å². The second-order valence-electron chi connectivity index (χ2n) is 8.17. The van der Waals surface area contributed by atoms with E-state index in [4.69, 9.17) is 4.74 Å². The van der Waals surface area contributed by atoms with Gasteiger partial charge in [-0.3, -0.25) is 4.79 Å². The number of esters is 1. The van der Waals surface area contributed by atoms with Crippen LogP contribution in [0.25, 0.3) is 5.57 Å². The summed E-state index contributed by atoms with van der Waals surface area (Å²) in [4.78, 5) is 28.3. The first kappa shape index (κ1) is 17.5. The number of rotatable bonds is 2. The lowest BCUT2D eigenvalue weighted by Crippen LogP contribution is -2.24. The van der Waals surface area contributed by atoms with Gasteiger partial charge in [-0.25, -0.2) is 4.79 Å². The Labute approximate surface area is 138 Å². The number of H-pyrrole nitrogens is 1. The van der Waals surface area contributed by atoms with Gasteiger partial charge in [-0.15, -0.1) is 0 Å². The second kappa shape index (κ2) is 5.36. The van der Waals surface area contributed by atoms with Crippen molar-refractivity contribution in [2.45, 2.75) is 67.4 Å². The van der Waals surface area contributed by atoms with E-state index in [9.17, 15) is 9.59 Å². The van der Waals surface area contributed by atoms with Gasteiger partial charge >= 0.3 is 5.97 Å². The lowest BCUT2D eigenvalue weighted by Gasteiger charge is -2.19. The Morgan fingerprint density at radius 2 is 1.70 bits per heavy atom. The molecule has 126 valence electrons. The lowest BCUT2D eigenvalue weighted by atomic mass is 9.87. The van der Waals surface area contributed by atoms with Crippen molar-refractivity contribution in [1.82, 2.24) is 4.98 Å². The molecule has 1 aromatic rings. The average Bonchev–Trinajstić information content (AvgIpc) is 2.74. The van der Waals surface area contributed by atoms with E-state index in [-0.39, 0.29) is 17.2 Å². The summed E-state index contributed by atoms with van der Waals surface area (Å²) in [5, 5.41) is 0. The molecule has 0 amide bonds. The zero-order chi connectivity index (χ0) is 17.7. The van der Waals surface area contributed by atoms with Crippen molar-refractivity contribution < 1.29 is 14.3 Å². The van der Waals surface area contributed by atoms with Crippen LogP contribution in [-0.4, -0.2) is 22.3 Å². The summed E-state index contributed by atoms with van der Waals surface area (Å²) >= 11 is 0. The Bertz CT molecular complexity index is 712. The molecule has 1 heterocycles. The highest BCUT2D eigenvalue weighted by Crippen LogP contribution is 2.43. The van der Waals surface area contributed by atoms with E-state index >= 15 is 0 Å². The van der Waals surface area contributed by atoms with Gasteiger partial charge in [-0.1, -0.05) is 19.4 Å². The van der Waals surface area contributed by atoms with E-state index in [0.29, 0.717) is 5.69 Å². The number of nitrogens with one attached hydrogen (secondary N) is 1. The molecule has 0 spiro atoms. The minimum atomic E-state index is -0.553. The van der Waals surface area contributed by atoms with E-state index in [0.717, 1.165) is 34.4 Å². The molecule has 0 unspecified atom stereocenters. The van der Waals surface area contributed by atoms with Crippen molar-refractivity contribution in [2.75, 3.05) is 0 Å². The van der Waals surface area contributed by atoms with Crippen molar-refractivity contribution in [3.05, 3.63) is 28.1 Å². The Hall–Kier alpha value is -1.84. The highest BCUT2D eigenvalue weighted by Gasteiger charge is 2.40. The van der Waals surface area contributed by atoms with Gasteiger partial charge in [0.25, 0.3) is 0 Å². The molecule has 0 bridgehead atoms. The van der Waals surface area contributed by atoms with Crippen molar-refractivity contribution in [2.24, 2.45) is 5.41 Å². The van der Waals surface area contributed by atoms with E-state index in [1.165, 1.54) is 0 Å². The first-order valence-electron chi connectivity index (χ1n) is 8.02. The van der Waals surface area contributed by atoms with Crippen LogP contribution in [0.5, 0.6) is 0 Å². The summed E-state index contributed by atoms with van der Waals surface area (Å²) < 4.78 is 5.46. The number of ether oxygens (including phenoxy) is 1. The maximum atomic E-state index is 12.7. The largest absolute Gasteiger partial charge is 0.455 e. The highest BCUT2D eigenvalue weighted by atomic mass is 16.6. The number of ketones is 1. The van der Waals surface area contributed by atoms with Gasteiger partial charge in [0, 0.05) is 11.0 Å². The smallest absolute Gasteiger partial charge is 0.355 e. The zero-order valence-electron chi connectivity index (χ0n) is 15.4. The zero-order valence-corrected chi connectivity index (χ0v) is 15.4. The third kappa shape index (κ3) is 3.12. The molecule has 1 aliphatic carbocycles. The summed E-state index contributed by atoms with van der Waals surface area (Å²) in [6.07, 6.45) is 0.750. The third-order valence-corrected chi connectivity index (χ3v) is 4.39. The molecule has 0 saturated heterocycles. The predicted molar refractivity (Wildman–Crippen MR) is 91.4 cm³/mol. The van der Waals surface area contributed by atoms with Crippen LogP contribution in [0.15, 0.2) is 5.57 Å². The fraction of sp³-hybridized carbons (Fsp3) is 0.579. The number of aromatic nitrogens is 1. The summed E-state index contributed by atoms with van der Waals surface area (Å²) in [7, 11) is 0. The SMILES string of the molecule is CC1=C(c2[nH]c(C(=O)OC(C)(C)C)c(C)c2C)C(=O)C(C)(C)C1. The number of aromatic amines is 1. The molecule has 23 heavy (non-hydrogen) atoms. The Morgan fingerprint density at radius 1 is 1.13 bits per heavy atom. The molecule has 0 aliphatic heterocycles. The summed E-state index contributed by atoms with van der Waals surface area (Å²) in [6, 6.07) is 0. The maximum absolute atomic E-state index is 12.7. The molecule has 1 aromatic heterocycles. The number of hydrogen-bond acceptors (Lipinski definition) is 3.